The summed E-state index contributed by atoms with van der Waals surface area (Å²) in [6, 6.07) is 7.39. The Kier molecular flexibility index (Phi) is 10.4. The normalized spacial score (nSPS) is 13.0. The summed E-state index contributed by atoms with van der Waals surface area (Å²) >= 11 is 3.28. The fraction of sp³-hybridized carbons (Fsp3) is 0.458. The van der Waals surface area contributed by atoms with E-state index >= 15 is 0 Å². The highest BCUT2D eigenvalue weighted by Gasteiger charge is 2.30. The van der Waals surface area contributed by atoms with Crippen LogP contribution in [0.2, 0.25) is 0 Å². The van der Waals surface area contributed by atoms with Gasteiger partial charge in [0.2, 0.25) is 0 Å². The van der Waals surface area contributed by atoms with Crippen LogP contribution in [0.15, 0.2) is 41.1 Å². The maximum atomic E-state index is 11.7. The molecule has 0 atom stereocenters. The van der Waals surface area contributed by atoms with Crippen molar-refractivity contribution in [2.75, 3.05) is 32.2 Å². The van der Waals surface area contributed by atoms with E-state index in [0.717, 1.165) is 10.2 Å². The van der Waals surface area contributed by atoms with E-state index < -0.39 is 11.7 Å². The van der Waals surface area contributed by atoms with Gasteiger partial charge in [-0.15, -0.1) is 0 Å². The van der Waals surface area contributed by atoms with E-state index in [9.17, 15) is 14.4 Å². The molecule has 1 aliphatic heterocycles. The third-order valence-corrected chi connectivity index (χ3v) is 5.15. The van der Waals surface area contributed by atoms with Gasteiger partial charge in [0.1, 0.15) is 5.60 Å². The van der Waals surface area contributed by atoms with E-state index in [1.54, 1.807) is 24.5 Å². The lowest BCUT2D eigenvalue weighted by atomic mass is 10.1. The number of amides is 1. The third-order valence-electron chi connectivity index (χ3n) is 4.65. The van der Waals surface area contributed by atoms with Gasteiger partial charge in [0.05, 0.1) is 44.5 Å². The number of alkyl carbamates (subject to hydrolysis) is 1. The molecule has 0 unspecified atom stereocenters. The molecule has 190 valence electrons. The second-order valence-electron chi connectivity index (χ2n) is 8.72. The molecule has 10 nitrogen and oxygen atoms in total. The molecule has 35 heavy (non-hydrogen) atoms. The van der Waals surface area contributed by atoms with E-state index in [2.05, 4.69) is 45.6 Å². The number of esters is 2. The van der Waals surface area contributed by atoms with Crippen LogP contribution in [0.5, 0.6) is 0 Å². The van der Waals surface area contributed by atoms with Gasteiger partial charge in [-0.2, -0.15) is 0 Å². The molecule has 1 aliphatic rings. The number of aromatic nitrogens is 2. The zero-order valence-corrected chi connectivity index (χ0v) is 22.1. The lowest BCUT2D eigenvalue weighted by Crippen LogP contribution is -2.60. The Labute approximate surface area is 213 Å². The van der Waals surface area contributed by atoms with Gasteiger partial charge in [-0.25, -0.2) is 4.79 Å². The van der Waals surface area contributed by atoms with E-state index in [1.165, 1.54) is 14.2 Å². The summed E-state index contributed by atoms with van der Waals surface area (Å²) in [5.41, 5.74) is 1.84. The fourth-order valence-corrected chi connectivity index (χ4v) is 3.38. The predicted molar refractivity (Wildman–Crippen MR) is 133 cm³/mol. The highest BCUT2D eigenvalue weighted by Crippen LogP contribution is 2.21. The zero-order valence-electron chi connectivity index (χ0n) is 20.5. The van der Waals surface area contributed by atoms with Crippen molar-refractivity contribution in [3.05, 3.63) is 52.5 Å². The SMILES string of the molecule is COC(=O)Cc1cc(Br)ccn1.COC(=O)Cc1cc(N2CC(NC(=O)OC(C)(C)C)C2)ccn1. The standard InChI is InChI=1S/C16H23N3O4.C8H8BrNO2/c1-16(2,3)23-15(21)18-12-9-19(10-12)13-5-6-17-11(7-13)8-14(20)22-4;1-12-8(11)5-7-4-6(9)2-3-10-7/h5-7,12H,8-10H2,1-4H3,(H,18,21);2-4H,5H2,1H3. The Morgan fingerprint density at radius 2 is 1.54 bits per heavy atom. The quantitative estimate of drug-likeness (QED) is 0.427. The summed E-state index contributed by atoms with van der Waals surface area (Å²) in [6.07, 6.45) is 3.28. The summed E-state index contributed by atoms with van der Waals surface area (Å²) in [4.78, 5) is 44.1. The first-order chi connectivity index (χ1) is 16.5. The van der Waals surface area contributed by atoms with Gasteiger partial charge in [0, 0.05) is 35.6 Å². The number of rotatable bonds is 6. The monoisotopic (exact) mass is 550 g/mol. The van der Waals surface area contributed by atoms with Crippen molar-refractivity contribution in [1.29, 1.82) is 0 Å². The topological polar surface area (TPSA) is 120 Å². The molecule has 1 fully saturated rings. The second kappa shape index (κ2) is 13.0. The molecule has 0 aliphatic carbocycles. The van der Waals surface area contributed by atoms with Gasteiger partial charge >= 0.3 is 18.0 Å². The summed E-state index contributed by atoms with van der Waals surface area (Å²) in [6.45, 7) is 6.89. The Morgan fingerprint density at radius 1 is 1.00 bits per heavy atom. The Hall–Kier alpha value is -3.21. The van der Waals surface area contributed by atoms with Crippen LogP contribution in [0, 0.1) is 0 Å². The summed E-state index contributed by atoms with van der Waals surface area (Å²) < 4.78 is 15.3. The van der Waals surface area contributed by atoms with Crippen LogP contribution in [0.1, 0.15) is 32.2 Å². The summed E-state index contributed by atoms with van der Waals surface area (Å²) in [5, 5.41) is 2.84. The molecule has 2 aromatic heterocycles. The molecule has 1 N–H and O–H groups in total. The summed E-state index contributed by atoms with van der Waals surface area (Å²) in [5.74, 6) is -0.594. The number of ether oxygens (including phenoxy) is 3. The number of pyridine rings is 2. The molecular weight excluding hydrogens is 520 g/mol. The average molecular weight is 551 g/mol. The molecule has 1 saturated heterocycles. The van der Waals surface area contributed by atoms with Crippen molar-refractivity contribution >= 4 is 39.6 Å². The minimum Gasteiger partial charge on any atom is -0.469 e. The van der Waals surface area contributed by atoms with Crippen molar-refractivity contribution in [3.8, 4) is 0 Å². The summed E-state index contributed by atoms with van der Waals surface area (Å²) in [7, 11) is 2.72. The first-order valence-electron chi connectivity index (χ1n) is 10.9. The average Bonchev–Trinajstić information content (AvgIpc) is 2.75. The number of carbonyl (C=O) groups excluding carboxylic acids is 3. The Bertz CT molecular complexity index is 1020. The number of anilines is 1. The predicted octanol–water partition coefficient (Wildman–Crippen LogP) is 3.07. The number of carbonyl (C=O) groups is 3. The zero-order chi connectivity index (χ0) is 26.0. The molecule has 11 heteroatoms. The molecule has 0 radical (unpaired) electrons. The van der Waals surface area contributed by atoms with Gasteiger partial charge in [0.15, 0.2) is 0 Å². The first-order valence-corrected chi connectivity index (χ1v) is 11.7. The van der Waals surface area contributed by atoms with E-state index in [1.807, 2.05) is 32.9 Å². The first kappa shape index (κ1) is 28.0. The lowest BCUT2D eigenvalue weighted by molar-refractivity contribution is -0.140. The van der Waals surface area contributed by atoms with Gasteiger partial charge < -0.3 is 24.4 Å². The number of nitrogens with zero attached hydrogens (tertiary/aromatic N) is 3. The van der Waals surface area contributed by atoms with Crippen LogP contribution >= 0.6 is 15.9 Å². The smallest absolute Gasteiger partial charge is 0.407 e. The van der Waals surface area contributed by atoms with Gasteiger partial charge in [-0.3, -0.25) is 19.6 Å². The van der Waals surface area contributed by atoms with Gasteiger partial charge in [-0.1, -0.05) is 15.9 Å². The van der Waals surface area contributed by atoms with Gasteiger partial charge in [-0.05, 0) is 45.0 Å². The lowest BCUT2D eigenvalue weighted by Gasteiger charge is -2.41. The minimum atomic E-state index is -0.499. The maximum Gasteiger partial charge on any atom is 0.407 e. The van der Waals surface area contributed by atoms with Crippen LogP contribution in [0.3, 0.4) is 0 Å². The highest BCUT2D eigenvalue weighted by molar-refractivity contribution is 9.10. The van der Waals surface area contributed by atoms with Crippen LogP contribution in [-0.4, -0.2) is 67.0 Å². The number of nitrogens with one attached hydrogen (secondary N) is 1. The number of methoxy groups -OCH3 is 2. The Morgan fingerprint density at radius 3 is 2.06 bits per heavy atom. The van der Waals surface area contributed by atoms with Crippen molar-refractivity contribution in [2.24, 2.45) is 0 Å². The molecule has 3 rings (SSSR count). The Balaban J connectivity index is 0.000000303. The van der Waals surface area contributed by atoms with Crippen LogP contribution < -0.4 is 10.2 Å². The largest absolute Gasteiger partial charge is 0.469 e. The highest BCUT2D eigenvalue weighted by atomic mass is 79.9. The number of hydrogen-bond donors (Lipinski definition) is 1. The number of hydrogen-bond acceptors (Lipinski definition) is 9. The molecule has 0 saturated carbocycles. The van der Waals surface area contributed by atoms with E-state index in [-0.39, 0.29) is 30.8 Å². The minimum absolute atomic E-state index is 0.0575. The molecule has 3 heterocycles. The van der Waals surface area contributed by atoms with Crippen LogP contribution in [0.25, 0.3) is 0 Å². The molecule has 2 aromatic rings. The second-order valence-corrected chi connectivity index (χ2v) is 9.64. The van der Waals surface area contributed by atoms with Crippen molar-refractivity contribution in [3.63, 3.8) is 0 Å². The third kappa shape index (κ3) is 10.3. The molecule has 0 bridgehead atoms. The van der Waals surface area contributed by atoms with Crippen LogP contribution in [-0.2, 0) is 36.6 Å². The van der Waals surface area contributed by atoms with E-state index in [4.69, 9.17) is 4.74 Å². The van der Waals surface area contributed by atoms with Crippen molar-refractivity contribution in [1.82, 2.24) is 15.3 Å². The molecule has 0 spiro atoms. The van der Waals surface area contributed by atoms with Crippen molar-refractivity contribution < 1.29 is 28.6 Å². The number of halogens is 1. The fourth-order valence-electron chi connectivity index (χ4n) is 3.00. The maximum absolute atomic E-state index is 11.7. The van der Waals surface area contributed by atoms with E-state index in [0.29, 0.717) is 24.5 Å². The molecular formula is C24H31BrN4O6. The molecule has 1 amide bonds. The van der Waals surface area contributed by atoms with Crippen molar-refractivity contribution in [2.45, 2.75) is 45.3 Å². The van der Waals surface area contributed by atoms with Crippen LogP contribution in [0.4, 0.5) is 10.5 Å². The molecule has 0 aromatic carbocycles. The van der Waals surface area contributed by atoms with Gasteiger partial charge in [0.25, 0.3) is 0 Å².